The van der Waals surface area contributed by atoms with E-state index >= 15 is 8.78 Å². The Kier molecular flexibility index (Phi) is 8.40. The van der Waals surface area contributed by atoms with Crippen LogP contribution in [0, 0.1) is 17.6 Å². The van der Waals surface area contributed by atoms with Gasteiger partial charge in [0.15, 0.2) is 11.5 Å². The predicted octanol–water partition coefficient (Wildman–Crippen LogP) is 7.13. The van der Waals surface area contributed by atoms with Gasteiger partial charge < -0.3 is 5.11 Å². The lowest BCUT2D eigenvalue weighted by Gasteiger charge is -2.22. The summed E-state index contributed by atoms with van der Waals surface area (Å²) >= 11 is -0.0778. The third-order valence-corrected chi connectivity index (χ3v) is 9.87. The van der Waals surface area contributed by atoms with Crippen molar-refractivity contribution in [1.82, 2.24) is 14.8 Å². The maximum atomic E-state index is 15.1. The Morgan fingerprint density at radius 2 is 2.00 bits per heavy atom. The first kappa shape index (κ1) is 30.5. The fraction of sp³-hybridized carbons (Fsp3) is 0.323. The number of rotatable bonds is 10. The quantitative estimate of drug-likeness (QED) is 0.141. The molecule has 7 nitrogen and oxygen atoms in total. The van der Waals surface area contributed by atoms with Gasteiger partial charge in [0.25, 0.3) is 17.3 Å². The van der Waals surface area contributed by atoms with Crippen LogP contribution in [0.4, 0.5) is 17.6 Å². The second kappa shape index (κ2) is 12.1. The van der Waals surface area contributed by atoms with Crippen LogP contribution in [-0.4, -0.2) is 38.9 Å². The number of carbonyl (C=O) groups is 1. The minimum atomic E-state index is -2.82. The number of nitrogens with two attached hydrogens (primary N) is 1. The molecule has 1 atom stereocenters. The van der Waals surface area contributed by atoms with Gasteiger partial charge in [-0.2, -0.15) is 9.28 Å². The molecule has 2 aliphatic rings. The van der Waals surface area contributed by atoms with E-state index < -0.39 is 41.3 Å². The molecule has 2 aliphatic carbocycles. The Morgan fingerprint density at radius 3 is 2.64 bits per heavy atom. The SMILES string of the molecule is CO[S+](N)c1ccc(Cc2c(-c3ccc(F)c(C4=CCC(F)(F)CC4)c3)nn(-c3nc(C(=O)O)cs3)c2CC2CC2)cc1F. The molecule has 0 spiro atoms. The van der Waals surface area contributed by atoms with Crippen molar-refractivity contribution < 1.29 is 31.6 Å². The molecule has 0 saturated heterocycles. The van der Waals surface area contributed by atoms with Gasteiger partial charge in [0, 0.05) is 47.4 Å². The van der Waals surface area contributed by atoms with Gasteiger partial charge in [0.1, 0.15) is 5.82 Å². The van der Waals surface area contributed by atoms with E-state index in [2.05, 4.69) is 4.98 Å². The second-order valence-electron chi connectivity index (χ2n) is 11.0. The van der Waals surface area contributed by atoms with Gasteiger partial charge >= 0.3 is 5.97 Å². The number of benzene rings is 2. The number of carboxylic acid groups (broad SMARTS) is 1. The molecule has 1 saturated carbocycles. The second-order valence-corrected chi connectivity index (χ2v) is 13.2. The average Bonchev–Trinajstić information content (AvgIpc) is 3.55. The third-order valence-electron chi connectivity index (χ3n) is 7.93. The van der Waals surface area contributed by atoms with Crippen molar-refractivity contribution in [2.45, 2.75) is 55.8 Å². The van der Waals surface area contributed by atoms with Crippen molar-refractivity contribution in [3.63, 3.8) is 0 Å². The van der Waals surface area contributed by atoms with E-state index in [1.165, 1.54) is 30.7 Å². The zero-order chi connectivity index (χ0) is 31.2. The number of carboxylic acids is 1. The molecule has 1 unspecified atom stereocenters. The highest BCUT2D eigenvalue weighted by Gasteiger charge is 2.33. The summed E-state index contributed by atoms with van der Waals surface area (Å²) in [5, 5.41) is 22.1. The Labute approximate surface area is 258 Å². The number of aromatic nitrogens is 3. The monoisotopic (exact) mass is 645 g/mol. The molecule has 0 bridgehead atoms. The summed E-state index contributed by atoms with van der Waals surface area (Å²) in [6, 6.07) is 9.26. The number of hydrogen-bond donors (Lipinski definition) is 2. The molecule has 3 N–H and O–H groups in total. The number of nitrogens with zero attached hydrogens (tertiary/aromatic N) is 3. The van der Waals surface area contributed by atoms with Crippen LogP contribution >= 0.6 is 11.3 Å². The molecule has 0 amide bonds. The van der Waals surface area contributed by atoms with Gasteiger partial charge in [-0.25, -0.2) is 32.0 Å². The Bertz CT molecular complexity index is 1770. The summed E-state index contributed by atoms with van der Waals surface area (Å²) in [5.41, 5.74) is 3.88. The van der Waals surface area contributed by atoms with Crippen molar-refractivity contribution in [2.24, 2.45) is 11.1 Å². The zero-order valence-electron chi connectivity index (χ0n) is 23.7. The van der Waals surface area contributed by atoms with E-state index in [0.717, 1.165) is 35.4 Å². The van der Waals surface area contributed by atoms with Gasteiger partial charge in [-0.1, -0.05) is 12.1 Å². The highest BCUT2D eigenvalue weighted by atomic mass is 32.2. The summed E-state index contributed by atoms with van der Waals surface area (Å²) in [6.45, 7) is 0. The van der Waals surface area contributed by atoms with Crippen LogP contribution in [0.15, 0.2) is 52.7 Å². The van der Waals surface area contributed by atoms with Crippen LogP contribution in [0.25, 0.3) is 22.0 Å². The zero-order valence-corrected chi connectivity index (χ0v) is 25.3. The van der Waals surface area contributed by atoms with Gasteiger partial charge in [0.05, 0.1) is 18.5 Å². The maximum absolute atomic E-state index is 15.1. The molecule has 0 radical (unpaired) electrons. The van der Waals surface area contributed by atoms with E-state index in [-0.39, 0.29) is 35.4 Å². The number of alkyl halides is 2. The third kappa shape index (κ3) is 6.32. The molecule has 4 aromatic rings. The fourth-order valence-electron chi connectivity index (χ4n) is 5.39. The number of hydrogen-bond acceptors (Lipinski definition) is 6. The minimum Gasteiger partial charge on any atom is -0.476 e. The summed E-state index contributed by atoms with van der Waals surface area (Å²) in [6.07, 6.45) is 3.56. The van der Waals surface area contributed by atoms with Crippen molar-refractivity contribution in [1.29, 1.82) is 0 Å². The molecule has 230 valence electrons. The topological polar surface area (TPSA) is 103 Å². The number of allylic oxidation sites excluding steroid dienone is 2. The van der Waals surface area contributed by atoms with Crippen molar-refractivity contribution >= 4 is 34.2 Å². The Balaban J connectivity index is 1.50. The fourth-order valence-corrected chi connectivity index (χ4v) is 6.80. The molecule has 6 rings (SSSR count). The number of thiazole rings is 1. The molecule has 0 aliphatic heterocycles. The van der Waals surface area contributed by atoms with E-state index in [1.54, 1.807) is 28.9 Å². The minimum absolute atomic E-state index is 0.0363. The van der Waals surface area contributed by atoms with Crippen LogP contribution in [0.1, 0.15) is 65.0 Å². The van der Waals surface area contributed by atoms with Crippen LogP contribution in [0.2, 0.25) is 0 Å². The average molecular weight is 646 g/mol. The van der Waals surface area contributed by atoms with Crippen molar-refractivity contribution in [2.75, 3.05) is 7.11 Å². The highest BCUT2D eigenvalue weighted by molar-refractivity contribution is 7.90. The highest BCUT2D eigenvalue weighted by Crippen LogP contribution is 2.41. The van der Waals surface area contributed by atoms with Gasteiger partial charge in [-0.3, -0.25) is 0 Å². The van der Waals surface area contributed by atoms with Crippen LogP contribution in [-0.2, 0) is 28.4 Å². The summed E-state index contributed by atoms with van der Waals surface area (Å²) in [4.78, 5) is 16.1. The molecule has 2 heterocycles. The van der Waals surface area contributed by atoms with Gasteiger partial charge in [0.2, 0.25) is 10.0 Å². The first-order chi connectivity index (χ1) is 21.0. The lowest BCUT2D eigenvalue weighted by molar-refractivity contribution is -0.00607. The van der Waals surface area contributed by atoms with Crippen LogP contribution in [0.5, 0.6) is 0 Å². The molecule has 2 aromatic carbocycles. The van der Waals surface area contributed by atoms with E-state index in [9.17, 15) is 18.7 Å². The van der Waals surface area contributed by atoms with Crippen molar-refractivity contribution in [3.05, 3.63) is 87.6 Å². The first-order valence-electron chi connectivity index (χ1n) is 14.0. The van der Waals surface area contributed by atoms with Crippen LogP contribution in [0.3, 0.4) is 0 Å². The summed E-state index contributed by atoms with van der Waals surface area (Å²) in [5.74, 6) is -4.62. The van der Waals surface area contributed by atoms with Crippen molar-refractivity contribution in [3.8, 4) is 16.4 Å². The lowest BCUT2D eigenvalue weighted by Crippen LogP contribution is -2.18. The van der Waals surface area contributed by atoms with Gasteiger partial charge in [-0.05, 0) is 67.0 Å². The summed E-state index contributed by atoms with van der Waals surface area (Å²) < 4.78 is 64.7. The van der Waals surface area contributed by atoms with Gasteiger partial charge in [-0.15, -0.1) is 16.5 Å². The maximum Gasteiger partial charge on any atom is 0.355 e. The normalized spacial score (nSPS) is 17.0. The molecule has 44 heavy (non-hydrogen) atoms. The predicted molar refractivity (Wildman–Crippen MR) is 161 cm³/mol. The van der Waals surface area contributed by atoms with E-state index in [0.29, 0.717) is 39.9 Å². The molecule has 2 aromatic heterocycles. The van der Waals surface area contributed by atoms with E-state index in [1.807, 2.05) is 0 Å². The smallest absolute Gasteiger partial charge is 0.355 e. The largest absolute Gasteiger partial charge is 0.476 e. The first-order valence-corrected chi connectivity index (χ1v) is 16.1. The number of aromatic carboxylic acids is 1. The molecular weight excluding hydrogens is 616 g/mol. The molecule has 13 heteroatoms. The molecular formula is C31H29F4N4O3S2+. The standard InChI is InChI=1S/C31H28F4N4O3S2/c1-42-44(36)27-7-4-18(13-24(27)33)12-22-26(14-17-2-3-17)39(30-37-25(16-43-30)29(40)41)38-28(22)20-5-6-23(32)21(15-20)19-8-10-31(34,35)11-9-19/h4-8,13,15-17H,2-3,9-12,14,36H2,1H3/p+1. The summed E-state index contributed by atoms with van der Waals surface area (Å²) in [7, 11) is 1.40. The van der Waals surface area contributed by atoms with Crippen LogP contribution < -0.4 is 5.14 Å². The van der Waals surface area contributed by atoms with E-state index in [4.69, 9.17) is 14.4 Å². The Morgan fingerprint density at radius 1 is 1.20 bits per heavy atom. The lowest BCUT2D eigenvalue weighted by atomic mass is 9.89. The molecule has 1 fully saturated rings. The Hall–Kier alpha value is -3.52. The number of halogens is 4.